The highest BCUT2D eigenvalue weighted by Gasteiger charge is 2.77. The van der Waals surface area contributed by atoms with Crippen molar-refractivity contribution in [2.24, 2.45) is 0 Å². The molecule has 1 heterocycles. The Kier molecular flexibility index (Phi) is 5.73. The molecule has 136 valence electrons. The number of aliphatic hydroxyl groups is 3. The fraction of sp³-hybridized carbons (Fsp3) is 0.714. The van der Waals surface area contributed by atoms with Gasteiger partial charge in [-0.2, -0.15) is 0 Å². The summed E-state index contributed by atoms with van der Waals surface area (Å²) < 4.78 is 9.91. The number of carbonyl (C=O) groups excluding carboxylic acids is 4. The second-order valence-corrected chi connectivity index (χ2v) is 6.49. The van der Waals surface area contributed by atoms with Crippen LogP contribution in [0.3, 0.4) is 0 Å². The van der Waals surface area contributed by atoms with E-state index in [9.17, 15) is 34.5 Å². The molecule has 3 N–H and O–H groups in total. The number of hydrogen-bond donors (Lipinski definition) is 3. The Morgan fingerprint density at radius 2 is 1.42 bits per heavy atom. The second kappa shape index (κ2) is 6.60. The molecule has 0 bridgehead atoms. The van der Waals surface area contributed by atoms with Gasteiger partial charge in [0.25, 0.3) is 0 Å². The van der Waals surface area contributed by atoms with Crippen LogP contribution in [0.2, 0.25) is 0 Å². The van der Waals surface area contributed by atoms with Crippen LogP contribution in [0, 0.1) is 0 Å². The van der Waals surface area contributed by atoms with Crippen LogP contribution in [-0.2, 0) is 28.7 Å². The number of ether oxygens (including phenoxy) is 2. The van der Waals surface area contributed by atoms with Crippen molar-refractivity contribution in [3.8, 4) is 0 Å². The van der Waals surface area contributed by atoms with E-state index in [1.165, 1.54) is 0 Å². The molecule has 0 saturated carbocycles. The van der Waals surface area contributed by atoms with E-state index in [0.29, 0.717) is 0 Å². The zero-order valence-electron chi connectivity index (χ0n) is 13.5. The summed E-state index contributed by atoms with van der Waals surface area (Å²) in [4.78, 5) is 47.2. The van der Waals surface area contributed by atoms with Gasteiger partial charge < -0.3 is 24.8 Å². The molecule has 0 aliphatic carbocycles. The predicted octanol–water partition coefficient (Wildman–Crippen LogP) is -1.37. The Balaban J connectivity index is 3.66. The Hall–Kier alpha value is -1.20. The van der Waals surface area contributed by atoms with E-state index in [1.54, 1.807) is 0 Å². The summed E-state index contributed by atoms with van der Waals surface area (Å²) in [6.07, 6.45) is -1.71. The van der Waals surface area contributed by atoms with E-state index in [-0.39, 0.29) is 0 Å². The lowest BCUT2D eigenvalue weighted by molar-refractivity contribution is -0.305. The largest absolute Gasteiger partial charge is 0.463 e. The molecule has 24 heavy (non-hydrogen) atoms. The van der Waals surface area contributed by atoms with Crippen molar-refractivity contribution in [1.29, 1.82) is 0 Å². The molecule has 0 spiro atoms. The first-order chi connectivity index (χ1) is 10.8. The van der Waals surface area contributed by atoms with Gasteiger partial charge >= 0.3 is 5.97 Å². The first-order valence-corrected chi connectivity index (χ1v) is 7.82. The standard InChI is InChI=1S/C14H19BrO9/c1-6(16)12(20)10(5-23-9(4)19)24-11(15)13(21,7(2)17)14(12,22)8(3)18/h10-11,20-22H,5H2,1-4H3/t10-,11+,12-,13+,14+/m1/s1. The van der Waals surface area contributed by atoms with Gasteiger partial charge in [0.05, 0.1) is 0 Å². The summed E-state index contributed by atoms with van der Waals surface area (Å²) in [6.45, 7) is 2.86. The third kappa shape index (κ3) is 2.62. The fourth-order valence-electron chi connectivity index (χ4n) is 2.81. The molecule has 1 fully saturated rings. The number of carbonyl (C=O) groups is 4. The summed E-state index contributed by atoms with van der Waals surface area (Å²) in [5.74, 6) is -4.28. The summed E-state index contributed by atoms with van der Waals surface area (Å²) in [6, 6.07) is 0. The number of rotatable bonds is 5. The number of hydrogen-bond acceptors (Lipinski definition) is 9. The monoisotopic (exact) mass is 410 g/mol. The number of alkyl halides is 1. The molecule has 0 amide bonds. The van der Waals surface area contributed by atoms with Gasteiger partial charge in [0.15, 0.2) is 33.6 Å². The smallest absolute Gasteiger partial charge is 0.302 e. The molecule has 10 heteroatoms. The lowest BCUT2D eigenvalue weighted by Gasteiger charge is -2.56. The van der Waals surface area contributed by atoms with Gasteiger partial charge in [-0.15, -0.1) is 0 Å². The minimum Gasteiger partial charge on any atom is -0.463 e. The first kappa shape index (κ1) is 20.8. The van der Waals surface area contributed by atoms with Gasteiger partial charge in [0.1, 0.15) is 12.7 Å². The Morgan fingerprint density at radius 3 is 1.75 bits per heavy atom. The average Bonchev–Trinajstić information content (AvgIpc) is 2.46. The molecule has 0 aromatic carbocycles. The summed E-state index contributed by atoms with van der Waals surface area (Å²) >= 11 is 2.84. The zero-order chi connectivity index (χ0) is 19.1. The molecule has 0 radical (unpaired) electrons. The molecule has 1 saturated heterocycles. The van der Waals surface area contributed by atoms with Crippen LogP contribution in [0.1, 0.15) is 27.7 Å². The van der Waals surface area contributed by atoms with Crippen LogP contribution in [0.5, 0.6) is 0 Å². The van der Waals surface area contributed by atoms with Gasteiger partial charge in [-0.1, -0.05) is 15.9 Å². The van der Waals surface area contributed by atoms with Gasteiger partial charge in [0, 0.05) is 6.92 Å². The maximum atomic E-state index is 12.1. The molecule has 9 nitrogen and oxygen atoms in total. The zero-order valence-corrected chi connectivity index (χ0v) is 15.1. The van der Waals surface area contributed by atoms with Crippen molar-refractivity contribution >= 4 is 39.2 Å². The van der Waals surface area contributed by atoms with Crippen molar-refractivity contribution in [3.63, 3.8) is 0 Å². The topological polar surface area (TPSA) is 147 Å². The van der Waals surface area contributed by atoms with Gasteiger partial charge in [-0.05, 0) is 20.8 Å². The SMILES string of the molecule is CC(=O)OC[C@H]1O[C@H](Br)[C@@](O)(C(C)=O)[C@](O)(C(C)=O)[C@@]1(O)C(C)=O. The second-order valence-electron chi connectivity index (χ2n) is 5.66. The Labute approximate surface area is 146 Å². The van der Waals surface area contributed by atoms with E-state index < -0.39 is 57.8 Å². The maximum absolute atomic E-state index is 12.1. The number of ketones is 3. The summed E-state index contributed by atoms with van der Waals surface area (Å²) in [7, 11) is 0. The number of esters is 1. The van der Waals surface area contributed by atoms with Crippen molar-refractivity contribution < 1.29 is 44.0 Å². The van der Waals surface area contributed by atoms with Gasteiger partial charge in [-0.25, -0.2) is 0 Å². The van der Waals surface area contributed by atoms with Gasteiger partial charge in [0.2, 0.25) is 5.60 Å². The fourth-order valence-corrected chi connectivity index (χ4v) is 3.73. The number of halogens is 1. The minimum atomic E-state index is -3.23. The van der Waals surface area contributed by atoms with Crippen LogP contribution in [0.4, 0.5) is 0 Å². The van der Waals surface area contributed by atoms with Crippen LogP contribution in [0.15, 0.2) is 0 Å². The lowest BCUT2D eigenvalue weighted by Crippen LogP contribution is -2.85. The lowest BCUT2D eigenvalue weighted by atomic mass is 9.62. The molecule has 1 rings (SSSR count). The van der Waals surface area contributed by atoms with E-state index in [4.69, 9.17) is 9.47 Å². The minimum absolute atomic E-state index is 0.697. The molecular formula is C14H19BrO9. The summed E-state index contributed by atoms with van der Waals surface area (Å²) in [5.41, 5.74) is -9.21. The highest BCUT2D eigenvalue weighted by Crippen LogP contribution is 2.48. The third-order valence-electron chi connectivity index (χ3n) is 4.20. The van der Waals surface area contributed by atoms with E-state index in [0.717, 1.165) is 27.7 Å². The summed E-state index contributed by atoms with van der Waals surface area (Å²) in [5, 5.41) is 30.8. The Bertz CT molecular complexity index is 591. The van der Waals surface area contributed by atoms with Crippen LogP contribution in [0.25, 0.3) is 0 Å². The van der Waals surface area contributed by atoms with E-state index >= 15 is 0 Å². The molecule has 1 aliphatic rings. The van der Waals surface area contributed by atoms with Crippen molar-refractivity contribution in [3.05, 3.63) is 0 Å². The molecule has 0 aromatic rings. The highest BCUT2D eigenvalue weighted by atomic mass is 79.9. The van der Waals surface area contributed by atoms with Crippen LogP contribution < -0.4 is 0 Å². The first-order valence-electron chi connectivity index (χ1n) is 6.91. The van der Waals surface area contributed by atoms with Crippen molar-refractivity contribution in [2.75, 3.05) is 6.61 Å². The van der Waals surface area contributed by atoms with Crippen molar-refractivity contribution in [1.82, 2.24) is 0 Å². The quantitative estimate of drug-likeness (QED) is 0.368. The van der Waals surface area contributed by atoms with Gasteiger partial charge in [-0.3, -0.25) is 19.2 Å². The van der Waals surface area contributed by atoms with Crippen molar-refractivity contribution in [2.45, 2.75) is 55.6 Å². The normalized spacial score (nSPS) is 39.2. The molecular weight excluding hydrogens is 392 g/mol. The molecule has 1 aliphatic heterocycles. The third-order valence-corrected chi connectivity index (χ3v) is 5.08. The van der Waals surface area contributed by atoms with E-state index in [2.05, 4.69) is 15.9 Å². The Morgan fingerprint density at radius 1 is 0.958 bits per heavy atom. The molecule has 0 unspecified atom stereocenters. The predicted molar refractivity (Wildman–Crippen MR) is 81.1 cm³/mol. The number of Topliss-reactive ketones (excluding diaryl/α,β-unsaturated/α-hetero) is 3. The van der Waals surface area contributed by atoms with Crippen LogP contribution in [-0.4, -0.2) is 73.2 Å². The molecule has 0 aromatic heterocycles. The average molecular weight is 411 g/mol. The maximum Gasteiger partial charge on any atom is 0.302 e. The highest BCUT2D eigenvalue weighted by molar-refractivity contribution is 9.09. The van der Waals surface area contributed by atoms with E-state index in [1.807, 2.05) is 0 Å². The molecule has 5 atom stereocenters. The van der Waals surface area contributed by atoms with Crippen LogP contribution >= 0.6 is 15.9 Å².